The maximum Gasteiger partial charge on any atom is 0.137 e. The summed E-state index contributed by atoms with van der Waals surface area (Å²) in [6.45, 7) is 3.87. The first-order chi connectivity index (χ1) is 5.74. The Morgan fingerprint density at radius 2 is 2.33 bits per heavy atom. The first-order valence-electron chi connectivity index (χ1n) is 4.15. The fourth-order valence-corrected chi connectivity index (χ4v) is 1.04. The first-order valence-corrected chi connectivity index (χ1v) is 4.15. The van der Waals surface area contributed by atoms with Gasteiger partial charge in [0, 0.05) is 25.2 Å². The van der Waals surface area contributed by atoms with Crippen molar-refractivity contribution in [3.63, 3.8) is 0 Å². The van der Waals surface area contributed by atoms with Gasteiger partial charge in [-0.15, -0.1) is 0 Å². The second-order valence-electron chi connectivity index (χ2n) is 2.87. The highest BCUT2D eigenvalue weighted by atomic mass is 16.1. The molecule has 1 heterocycles. The molecule has 0 saturated carbocycles. The van der Waals surface area contributed by atoms with Crippen LogP contribution in [-0.2, 0) is 11.2 Å². The molecule has 1 aromatic rings. The third-order valence-electron chi connectivity index (χ3n) is 1.92. The normalized spacial score (nSPS) is 9.83. The number of pyridine rings is 1. The Hall–Kier alpha value is -1.18. The fourth-order valence-electron chi connectivity index (χ4n) is 1.04. The second-order valence-corrected chi connectivity index (χ2v) is 2.87. The maximum absolute atomic E-state index is 11.1. The van der Waals surface area contributed by atoms with Gasteiger partial charge >= 0.3 is 0 Å². The largest absolute Gasteiger partial charge is 0.299 e. The van der Waals surface area contributed by atoms with E-state index in [9.17, 15) is 4.79 Å². The van der Waals surface area contributed by atoms with Gasteiger partial charge in [0.25, 0.3) is 0 Å². The number of nitrogens with zero attached hydrogens (tertiary/aromatic N) is 1. The number of ketones is 1. The fraction of sp³-hybridized carbons (Fsp3) is 0.400. The van der Waals surface area contributed by atoms with Crippen LogP contribution in [0.2, 0.25) is 0 Å². The predicted octanol–water partition coefficient (Wildman–Crippen LogP) is 1.91. The van der Waals surface area contributed by atoms with E-state index in [0.29, 0.717) is 12.8 Å². The number of Topliss-reactive ketones (excluding diaryl/α,β-unsaturated/α-hetero) is 1. The van der Waals surface area contributed by atoms with Crippen molar-refractivity contribution in [3.8, 4) is 0 Å². The molecule has 0 amide bonds. The van der Waals surface area contributed by atoms with Crippen molar-refractivity contribution >= 4 is 5.78 Å². The third kappa shape index (κ3) is 2.16. The molecular weight excluding hydrogens is 150 g/mol. The lowest BCUT2D eigenvalue weighted by Gasteiger charge is -2.01. The Morgan fingerprint density at radius 3 is 2.92 bits per heavy atom. The molecule has 0 unspecified atom stereocenters. The van der Waals surface area contributed by atoms with Crippen LogP contribution < -0.4 is 0 Å². The van der Waals surface area contributed by atoms with Crippen LogP contribution in [0.5, 0.6) is 0 Å². The SMILES string of the molecule is CCC(=O)Cc1ccncc1C. The van der Waals surface area contributed by atoms with Crippen LogP contribution in [0, 0.1) is 6.92 Å². The van der Waals surface area contributed by atoms with Gasteiger partial charge in [-0.25, -0.2) is 0 Å². The summed E-state index contributed by atoms with van der Waals surface area (Å²) in [5, 5.41) is 0. The highest BCUT2D eigenvalue weighted by Gasteiger charge is 2.02. The van der Waals surface area contributed by atoms with Crippen LogP contribution in [0.25, 0.3) is 0 Å². The Kier molecular flexibility index (Phi) is 2.97. The number of aromatic nitrogens is 1. The molecule has 0 saturated heterocycles. The van der Waals surface area contributed by atoms with Crippen molar-refractivity contribution in [1.82, 2.24) is 4.98 Å². The molecule has 0 radical (unpaired) electrons. The van der Waals surface area contributed by atoms with Crippen molar-refractivity contribution < 1.29 is 4.79 Å². The highest BCUT2D eigenvalue weighted by molar-refractivity contribution is 5.80. The van der Waals surface area contributed by atoms with E-state index in [1.165, 1.54) is 0 Å². The van der Waals surface area contributed by atoms with Gasteiger partial charge in [-0.2, -0.15) is 0 Å². The van der Waals surface area contributed by atoms with E-state index in [-0.39, 0.29) is 5.78 Å². The molecule has 1 aromatic heterocycles. The summed E-state index contributed by atoms with van der Waals surface area (Å²) in [6.07, 6.45) is 4.68. The van der Waals surface area contributed by atoms with Gasteiger partial charge in [0.05, 0.1) is 0 Å². The zero-order valence-electron chi connectivity index (χ0n) is 7.50. The lowest BCUT2D eigenvalue weighted by atomic mass is 10.1. The average Bonchev–Trinajstić information content (AvgIpc) is 2.09. The lowest BCUT2D eigenvalue weighted by Crippen LogP contribution is -2.02. The minimum Gasteiger partial charge on any atom is -0.299 e. The lowest BCUT2D eigenvalue weighted by molar-refractivity contribution is -0.118. The Balaban J connectivity index is 2.75. The zero-order chi connectivity index (χ0) is 8.97. The molecule has 0 aliphatic heterocycles. The summed E-state index contributed by atoms with van der Waals surface area (Å²) in [5.74, 6) is 0.282. The van der Waals surface area contributed by atoms with Crippen molar-refractivity contribution in [1.29, 1.82) is 0 Å². The van der Waals surface area contributed by atoms with Gasteiger partial charge < -0.3 is 0 Å². The topological polar surface area (TPSA) is 30.0 Å². The summed E-state index contributed by atoms with van der Waals surface area (Å²) in [6, 6.07) is 1.91. The Bertz CT molecular complexity index is 281. The molecule has 0 aliphatic carbocycles. The van der Waals surface area contributed by atoms with Crippen molar-refractivity contribution in [2.75, 3.05) is 0 Å². The number of rotatable bonds is 3. The number of aryl methyl sites for hydroxylation is 1. The van der Waals surface area contributed by atoms with Gasteiger partial charge in [-0.05, 0) is 24.1 Å². The number of hydrogen-bond acceptors (Lipinski definition) is 2. The molecule has 0 spiro atoms. The van der Waals surface area contributed by atoms with E-state index in [0.717, 1.165) is 11.1 Å². The monoisotopic (exact) mass is 163 g/mol. The summed E-state index contributed by atoms with van der Waals surface area (Å²) in [5.41, 5.74) is 2.19. The zero-order valence-corrected chi connectivity index (χ0v) is 7.50. The summed E-state index contributed by atoms with van der Waals surface area (Å²) < 4.78 is 0. The van der Waals surface area contributed by atoms with Gasteiger partial charge in [0.15, 0.2) is 0 Å². The van der Waals surface area contributed by atoms with E-state index in [1.807, 2.05) is 19.9 Å². The van der Waals surface area contributed by atoms with E-state index in [2.05, 4.69) is 4.98 Å². The van der Waals surface area contributed by atoms with Crippen LogP contribution in [0.3, 0.4) is 0 Å². The molecule has 2 nitrogen and oxygen atoms in total. The Labute approximate surface area is 72.6 Å². The van der Waals surface area contributed by atoms with Crippen LogP contribution in [0.4, 0.5) is 0 Å². The van der Waals surface area contributed by atoms with Gasteiger partial charge in [-0.3, -0.25) is 9.78 Å². The Morgan fingerprint density at radius 1 is 1.58 bits per heavy atom. The van der Waals surface area contributed by atoms with Gasteiger partial charge in [0.1, 0.15) is 5.78 Å². The van der Waals surface area contributed by atoms with Crippen molar-refractivity contribution in [2.24, 2.45) is 0 Å². The van der Waals surface area contributed by atoms with Crippen LogP contribution >= 0.6 is 0 Å². The van der Waals surface area contributed by atoms with E-state index in [4.69, 9.17) is 0 Å². The molecule has 1 rings (SSSR count). The van der Waals surface area contributed by atoms with Gasteiger partial charge in [0.2, 0.25) is 0 Å². The van der Waals surface area contributed by atoms with Crippen LogP contribution in [0.1, 0.15) is 24.5 Å². The number of carbonyl (C=O) groups is 1. The molecular formula is C10H13NO. The number of carbonyl (C=O) groups excluding carboxylic acids is 1. The minimum absolute atomic E-state index is 0.282. The van der Waals surface area contributed by atoms with Gasteiger partial charge in [-0.1, -0.05) is 6.92 Å². The predicted molar refractivity (Wildman–Crippen MR) is 48.0 cm³/mol. The molecule has 0 atom stereocenters. The quantitative estimate of drug-likeness (QED) is 0.681. The molecule has 0 fully saturated rings. The number of hydrogen-bond donors (Lipinski definition) is 0. The molecule has 0 bridgehead atoms. The van der Waals surface area contributed by atoms with Crippen LogP contribution in [-0.4, -0.2) is 10.8 Å². The highest BCUT2D eigenvalue weighted by Crippen LogP contribution is 2.06. The third-order valence-corrected chi connectivity index (χ3v) is 1.92. The maximum atomic E-state index is 11.1. The van der Waals surface area contributed by atoms with Crippen LogP contribution in [0.15, 0.2) is 18.5 Å². The minimum atomic E-state index is 0.282. The van der Waals surface area contributed by atoms with Crippen molar-refractivity contribution in [2.45, 2.75) is 26.7 Å². The molecule has 0 N–H and O–H groups in total. The molecule has 2 heteroatoms. The van der Waals surface area contributed by atoms with Crippen molar-refractivity contribution in [3.05, 3.63) is 29.6 Å². The van der Waals surface area contributed by atoms with E-state index < -0.39 is 0 Å². The molecule has 64 valence electrons. The summed E-state index contributed by atoms with van der Waals surface area (Å²) in [7, 11) is 0. The smallest absolute Gasteiger partial charge is 0.137 e. The van der Waals surface area contributed by atoms with E-state index in [1.54, 1.807) is 12.4 Å². The average molecular weight is 163 g/mol. The summed E-state index contributed by atoms with van der Waals surface area (Å²) >= 11 is 0. The molecule has 0 aliphatic rings. The van der Waals surface area contributed by atoms with E-state index >= 15 is 0 Å². The molecule has 0 aromatic carbocycles. The second kappa shape index (κ2) is 4.00. The molecule has 12 heavy (non-hydrogen) atoms. The summed E-state index contributed by atoms with van der Waals surface area (Å²) in [4.78, 5) is 15.1. The first kappa shape index (κ1) is 8.91. The standard InChI is InChI=1S/C10H13NO/c1-3-10(12)6-9-4-5-11-7-8(9)2/h4-5,7H,3,6H2,1-2H3.